The Bertz CT molecular complexity index is 620. The summed E-state index contributed by atoms with van der Waals surface area (Å²) in [4.78, 5) is 28.1. The summed E-state index contributed by atoms with van der Waals surface area (Å²) in [7, 11) is 0. The number of piperidine rings is 2. The van der Waals surface area contributed by atoms with Crippen molar-refractivity contribution in [2.75, 3.05) is 32.8 Å². The fourth-order valence-electron chi connectivity index (χ4n) is 3.66. The van der Waals surface area contributed by atoms with Gasteiger partial charge in [0.05, 0.1) is 6.61 Å². The van der Waals surface area contributed by atoms with Gasteiger partial charge in [-0.15, -0.1) is 0 Å². The van der Waals surface area contributed by atoms with Crippen LogP contribution in [0, 0.1) is 11.7 Å². The molecule has 1 unspecified atom stereocenters. The maximum absolute atomic E-state index is 12.9. The Balaban J connectivity index is 1.42. The predicted octanol–water partition coefficient (Wildman–Crippen LogP) is 2.85. The van der Waals surface area contributed by atoms with E-state index in [4.69, 9.17) is 4.74 Å². The van der Waals surface area contributed by atoms with Gasteiger partial charge < -0.3 is 14.5 Å². The van der Waals surface area contributed by atoms with Crippen LogP contribution in [0.15, 0.2) is 24.3 Å². The molecule has 2 amide bonds. The lowest BCUT2D eigenvalue weighted by Crippen LogP contribution is -2.43. The molecular formula is C20H27FN2O3. The average Bonchev–Trinajstić information content (AvgIpc) is 2.67. The zero-order valence-electron chi connectivity index (χ0n) is 15.2. The molecule has 0 spiro atoms. The maximum Gasteiger partial charge on any atom is 0.224 e. The second-order valence-electron chi connectivity index (χ2n) is 7.20. The first-order valence-corrected chi connectivity index (χ1v) is 9.56. The third-order valence-corrected chi connectivity index (χ3v) is 5.19. The van der Waals surface area contributed by atoms with Gasteiger partial charge in [0.15, 0.2) is 0 Å². The van der Waals surface area contributed by atoms with Crippen LogP contribution in [0.3, 0.4) is 0 Å². The highest BCUT2D eigenvalue weighted by molar-refractivity contribution is 5.79. The Morgan fingerprint density at radius 3 is 2.73 bits per heavy atom. The molecule has 0 radical (unpaired) electrons. The molecule has 142 valence electrons. The number of nitrogens with zero attached hydrogens (tertiary/aromatic N) is 2. The van der Waals surface area contributed by atoms with E-state index in [1.807, 2.05) is 9.80 Å². The summed E-state index contributed by atoms with van der Waals surface area (Å²) in [6.45, 7) is 3.30. The van der Waals surface area contributed by atoms with E-state index in [0.717, 1.165) is 38.8 Å². The zero-order valence-corrected chi connectivity index (χ0v) is 15.2. The normalized spacial score (nSPS) is 21.0. The maximum atomic E-state index is 12.9. The summed E-state index contributed by atoms with van der Waals surface area (Å²) in [5, 5.41) is 0. The van der Waals surface area contributed by atoms with E-state index in [0.29, 0.717) is 38.3 Å². The fourth-order valence-corrected chi connectivity index (χ4v) is 3.66. The standard InChI is InChI=1S/C20H27FN2O3/c21-17-6-8-18(9-7-17)26-15-16-4-3-12-23(14-16)20(25)10-13-22-11-2-1-5-19(22)24/h6-9,16H,1-5,10-15H2. The van der Waals surface area contributed by atoms with Gasteiger partial charge in [0, 0.05) is 44.9 Å². The summed E-state index contributed by atoms with van der Waals surface area (Å²) in [6.07, 6.45) is 5.00. The highest BCUT2D eigenvalue weighted by Gasteiger charge is 2.25. The van der Waals surface area contributed by atoms with Gasteiger partial charge in [0.25, 0.3) is 0 Å². The molecule has 6 heteroatoms. The predicted molar refractivity (Wildman–Crippen MR) is 96.2 cm³/mol. The quantitative estimate of drug-likeness (QED) is 0.782. The van der Waals surface area contributed by atoms with Gasteiger partial charge in [-0.2, -0.15) is 0 Å². The van der Waals surface area contributed by atoms with Crippen LogP contribution in [0.1, 0.15) is 38.5 Å². The number of rotatable bonds is 6. The molecule has 0 bridgehead atoms. The third kappa shape index (κ3) is 5.19. The van der Waals surface area contributed by atoms with Gasteiger partial charge in [-0.25, -0.2) is 4.39 Å². The monoisotopic (exact) mass is 362 g/mol. The molecule has 26 heavy (non-hydrogen) atoms. The highest BCUT2D eigenvalue weighted by atomic mass is 19.1. The number of benzene rings is 1. The third-order valence-electron chi connectivity index (χ3n) is 5.19. The second-order valence-corrected chi connectivity index (χ2v) is 7.20. The van der Waals surface area contributed by atoms with E-state index in [-0.39, 0.29) is 23.5 Å². The first-order valence-electron chi connectivity index (χ1n) is 9.56. The molecule has 2 fully saturated rings. The Morgan fingerprint density at radius 2 is 1.96 bits per heavy atom. The summed E-state index contributed by atoms with van der Waals surface area (Å²) in [6, 6.07) is 6.01. The molecule has 5 nitrogen and oxygen atoms in total. The van der Waals surface area contributed by atoms with Crippen LogP contribution >= 0.6 is 0 Å². The fraction of sp³-hybridized carbons (Fsp3) is 0.600. The molecule has 2 aliphatic heterocycles. The second kappa shape index (κ2) is 9.01. The largest absolute Gasteiger partial charge is 0.493 e. The minimum absolute atomic E-state index is 0.120. The van der Waals surface area contributed by atoms with Crippen LogP contribution in [-0.2, 0) is 9.59 Å². The summed E-state index contributed by atoms with van der Waals surface area (Å²) in [5.41, 5.74) is 0. The van der Waals surface area contributed by atoms with Gasteiger partial charge >= 0.3 is 0 Å². The molecule has 2 aliphatic rings. The molecule has 2 heterocycles. The lowest BCUT2D eigenvalue weighted by molar-refractivity contribution is -0.136. The van der Waals surface area contributed by atoms with Crippen LogP contribution in [0.5, 0.6) is 5.75 Å². The van der Waals surface area contributed by atoms with Crippen molar-refractivity contribution in [3.8, 4) is 5.75 Å². The van der Waals surface area contributed by atoms with E-state index in [1.54, 1.807) is 12.1 Å². The van der Waals surface area contributed by atoms with Crippen molar-refractivity contribution in [1.82, 2.24) is 9.80 Å². The van der Waals surface area contributed by atoms with Gasteiger partial charge in [0.1, 0.15) is 11.6 Å². The average molecular weight is 362 g/mol. The molecule has 1 aromatic carbocycles. The van der Waals surface area contributed by atoms with Crippen molar-refractivity contribution >= 4 is 11.8 Å². The molecular weight excluding hydrogens is 335 g/mol. The molecule has 0 saturated carbocycles. The van der Waals surface area contributed by atoms with E-state index < -0.39 is 0 Å². The van der Waals surface area contributed by atoms with E-state index >= 15 is 0 Å². The number of likely N-dealkylation sites (tertiary alicyclic amines) is 2. The number of halogens is 1. The highest BCUT2D eigenvalue weighted by Crippen LogP contribution is 2.20. The Labute approximate surface area is 154 Å². The van der Waals surface area contributed by atoms with Crippen molar-refractivity contribution in [2.45, 2.75) is 38.5 Å². The lowest BCUT2D eigenvalue weighted by atomic mass is 9.98. The number of amides is 2. The number of hydrogen-bond acceptors (Lipinski definition) is 3. The van der Waals surface area contributed by atoms with Crippen LogP contribution < -0.4 is 4.74 Å². The van der Waals surface area contributed by atoms with Gasteiger partial charge in [-0.05, 0) is 49.9 Å². The number of carbonyl (C=O) groups excluding carboxylic acids is 2. The minimum atomic E-state index is -0.279. The van der Waals surface area contributed by atoms with Crippen LogP contribution in [-0.4, -0.2) is 54.4 Å². The zero-order chi connectivity index (χ0) is 18.4. The molecule has 0 N–H and O–H groups in total. The molecule has 1 atom stereocenters. The van der Waals surface area contributed by atoms with E-state index in [1.165, 1.54) is 12.1 Å². The molecule has 0 aliphatic carbocycles. The van der Waals surface area contributed by atoms with Crippen molar-refractivity contribution in [1.29, 1.82) is 0 Å². The summed E-state index contributed by atoms with van der Waals surface area (Å²) in [5.74, 6) is 0.954. The van der Waals surface area contributed by atoms with Gasteiger partial charge in [-0.1, -0.05) is 0 Å². The van der Waals surface area contributed by atoms with E-state index in [9.17, 15) is 14.0 Å². The van der Waals surface area contributed by atoms with Gasteiger partial charge in [0.2, 0.25) is 11.8 Å². The Hall–Kier alpha value is -2.11. The molecule has 3 rings (SSSR count). The summed E-state index contributed by atoms with van der Waals surface area (Å²) >= 11 is 0. The number of ether oxygens (including phenoxy) is 1. The van der Waals surface area contributed by atoms with Crippen LogP contribution in [0.2, 0.25) is 0 Å². The Kier molecular flexibility index (Phi) is 6.47. The van der Waals surface area contributed by atoms with Crippen molar-refractivity contribution < 1.29 is 18.7 Å². The van der Waals surface area contributed by atoms with Crippen molar-refractivity contribution in [3.63, 3.8) is 0 Å². The van der Waals surface area contributed by atoms with Crippen LogP contribution in [0.4, 0.5) is 4.39 Å². The Morgan fingerprint density at radius 1 is 1.15 bits per heavy atom. The molecule has 0 aromatic heterocycles. The van der Waals surface area contributed by atoms with Gasteiger partial charge in [-0.3, -0.25) is 9.59 Å². The smallest absolute Gasteiger partial charge is 0.224 e. The van der Waals surface area contributed by atoms with Crippen LogP contribution in [0.25, 0.3) is 0 Å². The first kappa shape index (κ1) is 18.7. The number of carbonyl (C=O) groups is 2. The topological polar surface area (TPSA) is 49.9 Å². The van der Waals surface area contributed by atoms with Crippen molar-refractivity contribution in [3.05, 3.63) is 30.1 Å². The summed E-state index contributed by atoms with van der Waals surface area (Å²) < 4.78 is 18.7. The SMILES string of the molecule is O=C1CCCCN1CCC(=O)N1CCCC(COc2ccc(F)cc2)C1. The minimum Gasteiger partial charge on any atom is -0.493 e. The molecule has 1 aromatic rings. The van der Waals surface area contributed by atoms with Crippen molar-refractivity contribution in [2.24, 2.45) is 5.92 Å². The molecule has 2 saturated heterocycles. The number of hydrogen-bond donors (Lipinski definition) is 0. The van der Waals surface area contributed by atoms with E-state index in [2.05, 4.69) is 0 Å². The lowest BCUT2D eigenvalue weighted by Gasteiger charge is -2.33. The first-order chi connectivity index (χ1) is 12.6.